The van der Waals surface area contributed by atoms with Crippen LogP contribution in [0.4, 0.5) is 0 Å². The number of aliphatic hydroxyl groups is 1. The molecule has 0 saturated carbocycles. The zero-order valence-corrected chi connectivity index (χ0v) is 13.1. The highest BCUT2D eigenvalue weighted by atomic mass is 35.5. The first-order valence-corrected chi connectivity index (χ1v) is 7.55. The summed E-state index contributed by atoms with van der Waals surface area (Å²) in [4.78, 5) is 4.29. The van der Waals surface area contributed by atoms with Crippen molar-refractivity contribution in [3.05, 3.63) is 58.8 Å². The molecule has 3 rings (SSSR count). The molecule has 1 aromatic heterocycles. The van der Waals surface area contributed by atoms with Crippen molar-refractivity contribution in [1.29, 1.82) is 0 Å². The minimum Gasteiger partial charge on any atom is -0.489 e. The van der Waals surface area contributed by atoms with Crippen molar-refractivity contribution in [2.45, 2.75) is 12.6 Å². The maximum absolute atomic E-state index is 10.2. The average Bonchev–Trinajstić information content (AvgIpc) is 2.91. The van der Waals surface area contributed by atoms with E-state index in [2.05, 4.69) is 4.98 Å². The van der Waals surface area contributed by atoms with Gasteiger partial charge < -0.3 is 14.4 Å². The van der Waals surface area contributed by atoms with Crippen LogP contribution in [0.2, 0.25) is 10.0 Å². The van der Waals surface area contributed by atoms with E-state index in [0.29, 0.717) is 22.3 Å². The molecule has 2 aromatic carbocycles. The number of hydrogen-bond acceptors (Lipinski definition) is 3. The summed E-state index contributed by atoms with van der Waals surface area (Å²) >= 11 is 11.9. The Labute approximate surface area is 137 Å². The van der Waals surface area contributed by atoms with Gasteiger partial charge >= 0.3 is 0 Å². The van der Waals surface area contributed by atoms with Gasteiger partial charge in [-0.3, -0.25) is 0 Å². The summed E-state index contributed by atoms with van der Waals surface area (Å²) in [5.74, 6) is 0.462. The monoisotopic (exact) mass is 336 g/mol. The van der Waals surface area contributed by atoms with Gasteiger partial charge in [-0.1, -0.05) is 35.3 Å². The van der Waals surface area contributed by atoms with Gasteiger partial charge in [0.25, 0.3) is 0 Å². The molecule has 1 unspecified atom stereocenters. The number of ether oxygens (including phenoxy) is 1. The minimum atomic E-state index is -0.687. The van der Waals surface area contributed by atoms with E-state index in [1.54, 1.807) is 24.5 Å². The van der Waals surface area contributed by atoms with Gasteiger partial charge in [0, 0.05) is 11.1 Å². The molecule has 114 valence electrons. The molecule has 1 atom stereocenters. The highest BCUT2D eigenvalue weighted by Crippen LogP contribution is 2.27. The second kappa shape index (κ2) is 6.57. The quantitative estimate of drug-likeness (QED) is 0.771. The van der Waals surface area contributed by atoms with Gasteiger partial charge in [0.1, 0.15) is 18.5 Å². The third-order valence-electron chi connectivity index (χ3n) is 3.26. The molecule has 0 amide bonds. The van der Waals surface area contributed by atoms with Gasteiger partial charge in [-0.25, -0.2) is 4.98 Å². The Hall–Kier alpha value is -1.75. The Kier molecular flexibility index (Phi) is 4.52. The maximum Gasteiger partial charge on any atom is 0.139 e. The molecule has 0 bridgehead atoms. The largest absolute Gasteiger partial charge is 0.489 e. The van der Waals surface area contributed by atoms with E-state index < -0.39 is 6.10 Å². The molecule has 0 aliphatic heterocycles. The van der Waals surface area contributed by atoms with E-state index in [4.69, 9.17) is 27.9 Å². The Morgan fingerprint density at radius 2 is 2.00 bits per heavy atom. The third-order valence-corrected chi connectivity index (χ3v) is 3.81. The van der Waals surface area contributed by atoms with Gasteiger partial charge in [-0.2, -0.15) is 0 Å². The van der Waals surface area contributed by atoms with Gasteiger partial charge in [-0.05, 0) is 24.3 Å². The number of rotatable bonds is 5. The summed E-state index contributed by atoms with van der Waals surface area (Å²) in [5.41, 5.74) is 1.87. The molecule has 0 radical (unpaired) electrons. The molecular formula is C16H14Cl2N2O2. The summed E-state index contributed by atoms with van der Waals surface area (Å²) in [7, 11) is 0. The fourth-order valence-electron chi connectivity index (χ4n) is 2.21. The van der Waals surface area contributed by atoms with Gasteiger partial charge in [0.05, 0.1) is 28.9 Å². The number of nitrogens with zero attached hydrogens (tertiary/aromatic N) is 2. The molecule has 1 heterocycles. The molecule has 4 nitrogen and oxygen atoms in total. The van der Waals surface area contributed by atoms with Crippen LogP contribution in [0.1, 0.15) is 0 Å². The van der Waals surface area contributed by atoms with Crippen molar-refractivity contribution in [3.63, 3.8) is 0 Å². The maximum atomic E-state index is 10.2. The zero-order valence-electron chi connectivity index (χ0n) is 11.6. The number of aromatic nitrogens is 2. The zero-order chi connectivity index (χ0) is 15.5. The molecule has 1 N–H and O–H groups in total. The summed E-state index contributed by atoms with van der Waals surface area (Å²) < 4.78 is 7.43. The Balaban J connectivity index is 1.65. The second-order valence-electron chi connectivity index (χ2n) is 4.93. The van der Waals surface area contributed by atoms with Crippen LogP contribution < -0.4 is 4.74 Å². The number of imidazole rings is 1. The van der Waals surface area contributed by atoms with E-state index >= 15 is 0 Å². The molecule has 3 aromatic rings. The van der Waals surface area contributed by atoms with Gasteiger partial charge in [-0.15, -0.1) is 0 Å². The summed E-state index contributed by atoms with van der Waals surface area (Å²) in [5, 5.41) is 11.2. The standard InChI is InChI=1S/C16H14Cl2N2O2/c17-11-5-6-13(18)16(7-11)22-9-12(21)8-20-10-19-14-3-1-2-4-15(14)20/h1-7,10,12,21H,8-9H2. The molecular weight excluding hydrogens is 323 g/mol. The first-order chi connectivity index (χ1) is 10.6. The van der Waals surface area contributed by atoms with Crippen molar-refractivity contribution in [3.8, 4) is 5.75 Å². The number of hydrogen-bond donors (Lipinski definition) is 1. The first kappa shape index (κ1) is 15.2. The second-order valence-corrected chi connectivity index (χ2v) is 5.77. The SMILES string of the molecule is OC(COc1cc(Cl)ccc1Cl)Cn1cnc2ccccc21. The summed E-state index contributed by atoms with van der Waals surface area (Å²) in [6.07, 6.45) is 1.02. The van der Waals surface area contributed by atoms with Crippen LogP contribution in [0, 0.1) is 0 Å². The van der Waals surface area contributed by atoms with Crippen molar-refractivity contribution in [2.24, 2.45) is 0 Å². The van der Waals surface area contributed by atoms with Crippen molar-refractivity contribution >= 4 is 34.2 Å². The van der Waals surface area contributed by atoms with Gasteiger partial charge in [0.2, 0.25) is 0 Å². The Morgan fingerprint density at radius 1 is 1.18 bits per heavy atom. The summed E-state index contributed by atoms with van der Waals surface area (Å²) in [6, 6.07) is 12.7. The van der Waals surface area contributed by atoms with E-state index in [1.165, 1.54) is 0 Å². The van der Waals surface area contributed by atoms with Crippen LogP contribution in [0.5, 0.6) is 5.75 Å². The van der Waals surface area contributed by atoms with Crippen LogP contribution in [0.3, 0.4) is 0 Å². The minimum absolute atomic E-state index is 0.118. The molecule has 22 heavy (non-hydrogen) atoms. The fraction of sp³-hybridized carbons (Fsp3) is 0.188. The molecule has 0 spiro atoms. The third kappa shape index (κ3) is 3.35. The molecule has 6 heteroatoms. The lowest BCUT2D eigenvalue weighted by atomic mass is 10.3. The van der Waals surface area contributed by atoms with Crippen molar-refractivity contribution in [2.75, 3.05) is 6.61 Å². The fourth-order valence-corrected chi connectivity index (χ4v) is 2.54. The molecule has 0 saturated heterocycles. The normalized spacial score (nSPS) is 12.5. The lowest BCUT2D eigenvalue weighted by Gasteiger charge is -2.14. The van der Waals surface area contributed by atoms with Crippen molar-refractivity contribution in [1.82, 2.24) is 9.55 Å². The highest BCUT2D eigenvalue weighted by Gasteiger charge is 2.11. The number of fused-ring (bicyclic) bond motifs is 1. The molecule has 0 fully saturated rings. The van der Waals surface area contributed by atoms with Crippen molar-refractivity contribution < 1.29 is 9.84 Å². The Bertz CT molecular complexity index is 789. The smallest absolute Gasteiger partial charge is 0.139 e. The topological polar surface area (TPSA) is 47.3 Å². The molecule has 0 aliphatic rings. The lowest BCUT2D eigenvalue weighted by molar-refractivity contribution is 0.0935. The number of para-hydroxylation sites is 2. The van der Waals surface area contributed by atoms with E-state index in [-0.39, 0.29) is 6.61 Å². The van der Waals surface area contributed by atoms with E-state index in [1.807, 2.05) is 28.8 Å². The predicted octanol–water partition coefficient (Wildman–Crippen LogP) is 3.78. The lowest BCUT2D eigenvalue weighted by Crippen LogP contribution is -2.23. The first-order valence-electron chi connectivity index (χ1n) is 6.79. The van der Waals surface area contributed by atoms with Gasteiger partial charge in [0.15, 0.2) is 0 Å². The molecule has 0 aliphatic carbocycles. The van der Waals surface area contributed by atoms with Crippen LogP contribution in [0.25, 0.3) is 11.0 Å². The number of halogens is 2. The van der Waals surface area contributed by atoms with Crippen LogP contribution >= 0.6 is 23.2 Å². The number of benzene rings is 2. The average molecular weight is 337 g/mol. The van der Waals surface area contributed by atoms with Crippen LogP contribution in [0.15, 0.2) is 48.8 Å². The highest BCUT2D eigenvalue weighted by molar-refractivity contribution is 6.34. The van der Waals surface area contributed by atoms with Crippen LogP contribution in [-0.4, -0.2) is 27.4 Å². The Morgan fingerprint density at radius 3 is 2.86 bits per heavy atom. The number of aliphatic hydroxyl groups excluding tert-OH is 1. The van der Waals surface area contributed by atoms with E-state index in [9.17, 15) is 5.11 Å². The van der Waals surface area contributed by atoms with E-state index in [0.717, 1.165) is 11.0 Å². The summed E-state index contributed by atoms with van der Waals surface area (Å²) in [6.45, 7) is 0.505. The van der Waals surface area contributed by atoms with Crippen LogP contribution in [-0.2, 0) is 6.54 Å². The predicted molar refractivity (Wildman–Crippen MR) is 87.7 cm³/mol.